The lowest BCUT2D eigenvalue weighted by Crippen LogP contribution is -2.31. The minimum absolute atomic E-state index is 0.110. The molecule has 6 nitrogen and oxygen atoms in total. The maximum atomic E-state index is 12.3. The quantitative estimate of drug-likeness (QED) is 0.878. The van der Waals surface area contributed by atoms with Crippen molar-refractivity contribution in [2.45, 2.75) is 18.9 Å². The maximum Gasteiger partial charge on any atom is 0.261 e. The molecule has 1 aromatic heterocycles. The SMILES string of the molecule is CN(c1ccc2sc(C(=O)NC[C@@H]3CCCO3)cc2c1)S(C)(=O)=O. The summed E-state index contributed by atoms with van der Waals surface area (Å²) in [6.07, 6.45) is 3.29. The fourth-order valence-electron chi connectivity index (χ4n) is 2.63. The Morgan fingerprint density at radius 3 is 2.88 bits per heavy atom. The highest BCUT2D eigenvalue weighted by molar-refractivity contribution is 7.92. The van der Waals surface area contributed by atoms with E-state index in [9.17, 15) is 13.2 Å². The molecule has 1 atom stereocenters. The van der Waals surface area contributed by atoms with E-state index in [4.69, 9.17) is 4.74 Å². The van der Waals surface area contributed by atoms with Crippen LogP contribution in [0.5, 0.6) is 0 Å². The van der Waals surface area contributed by atoms with Gasteiger partial charge < -0.3 is 10.1 Å². The third kappa shape index (κ3) is 3.71. The smallest absolute Gasteiger partial charge is 0.261 e. The lowest BCUT2D eigenvalue weighted by molar-refractivity contribution is 0.0861. The van der Waals surface area contributed by atoms with Crippen LogP contribution < -0.4 is 9.62 Å². The highest BCUT2D eigenvalue weighted by Gasteiger charge is 2.18. The van der Waals surface area contributed by atoms with Gasteiger partial charge in [0.15, 0.2) is 0 Å². The fourth-order valence-corrected chi connectivity index (χ4v) is 4.08. The van der Waals surface area contributed by atoms with Crippen molar-refractivity contribution >= 4 is 43.0 Å². The monoisotopic (exact) mass is 368 g/mol. The summed E-state index contributed by atoms with van der Waals surface area (Å²) in [6, 6.07) is 7.16. The molecule has 0 unspecified atom stereocenters. The van der Waals surface area contributed by atoms with Crippen LogP contribution in [0, 0.1) is 0 Å². The predicted molar refractivity (Wildman–Crippen MR) is 96.4 cm³/mol. The van der Waals surface area contributed by atoms with Crippen LogP contribution in [0.3, 0.4) is 0 Å². The second kappa shape index (κ2) is 6.70. The van der Waals surface area contributed by atoms with Crippen molar-refractivity contribution in [3.63, 3.8) is 0 Å². The molecule has 8 heteroatoms. The molecular weight excluding hydrogens is 348 g/mol. The van der Waals surface area contributed by atoms with Crippen molar-refractivity contribution in [3.8, 4) is 0 Å². The highest BCUT2D eigenvalue weighted by atomic mass is 32.2. The summed E-state index contributed by atoms with van der Waals surface area (Å²) in [4.78, 5) is 12.9. The number of rotatable bonds is 5. The number of carbonyl (C=O) groups excluding carboxylic acids is 1. The Morgan fingerprint density at radius 2 is 2.21 bits per heavy atom. The van der Waals surface area contributed by atoms with Crippen molar-refractivity contribution < 1.29 is 17.9 Å². The van der Waals surface area contributed by atoms with E-state index in [1.165, 1.54) is 22.7 Å². The van der Waals surface area contributed by atoms with E-state index in [0.717, 1.165) is 35.8 Å². The molecule has 1 amide bonds. The number of sulfonamides is 1. The molecule has 0 bridgehead atoms. The molecule has 1 aliphatic rings. The lowest BCUT2D eigenvalue weighted by atomic mass is 10.2. The number of nitrogens with one attached hydrogen (secondary N) is 1. The normalized spacial score (nSPS) is 18.0. The third-order valence-corrected chi connectivity index (χ3v) is 6.42. The van der Waals surface area contributed by atoms with Gasteiger partial charge in [-0.15, -0.1) is 11.3 Å². The average Bonchev–Trinajstić information content (AvgIpc) is 3.19. The highest BCUT2D eigenvalue weighted by Crippen LogP contribution is 2.30. The largest absolute Gasteiger partial charge is 0.376 e. The summed E-state index contributed by atoms with van der Waals surface area (Å²) >= 11 is 1.39. The van der Waals surface area contributed by atoms with Crippen molar-refractivity contribution in [1.29, 1.82) is 0 Å². The Balaban J connectivity index is 1.76. The van der Waals surface area contributed by atoms with Crippen LogP contribution in [0.1, 0.15) is 22.5 Å². The van der Waals surface area contributed by atoms with Crippen LogP contribution in [-0.4, -0.2) is 46.9 Å². The Bertz CT molecular complexity index is 854. The van der Waals surface area contributed by atoms with Gasteiger partial charge in [0.05, 0.1) is 22.9 Å². The van der Waals surface area contributed by atoms with Crippen LogP contribution in [0.4, 0.5) is 5.69 Å². The summed E-state index contributed by atoms with van der Waals surface area (Å²) < 4.78 is 31.0. The standard InChI is InChI=1S/C16H20N2O4S2/c1-18(24(2,20)21)12-5-6-14-11(8-12)9-15(23-14)16(19)17-10-13-4-3-7-22-13/h5-6,8-9,13H,3-4,7,10H2,1-2H3,(H,17,19)/t13-/m0/s1. The number of fused-ring (bicyclic) bond motifs is 1. The molecule has 0 saturated carbocycles. The summed E-state index contributed by atoms with van der Waals surface area (Å²) in [5, 5.41) is 3.76. The van der Waals surface area contributed by atoms with E-state index < -0.39 is 10.0 Å². The van der Waals surface area contributed by atoms with E-state index >= 15 is 0 Å². The van der Waals surface area contributed by atoms with Crippen molar-refractivity contribution in [3.05, 3.63) is 29.1 Å². The maximum absolute atomic E-state index is 12.3. The number of thiophene rings is 1. The molecule has 1 N–H and O–H groups in total. The molecule has 1 saturated heterocycles. The molecule has 3 rings (SSSR count). The molecule has 0 aliphatic carbocycles. The summed E-state index contributed by atoms with van der Waals surface area (Å²) in [5.74, 6) is -0.121. The number of ether oxygens (including phenoxy) is 1. The molecule has 0 radical (unpaired) electrons. The van der Waals surface area contributed by atoms with Crippen LogP contribution in [0.15, 0.2) is 24.3 Å². The van der Waals surface area contributed by atoms with Crippen molar-refractivity contribution in [1.82, 2.24) is 5.32 Å². The Hall–Kier alpha value is -1.64. The first-order valence-corrected chi connectivity index (χ1v) is 10.4. The van der Waals surface area contributed by atoms with E-state index in [1.54, 1.807) is 18.2 Å². The molecule has 1 fully saturated rings. The molecule has 24 heavy (non-hydrogen) atoms. The van der Waals surface area contributed by atoms with Crippen molar-refractivity contribution in [2.75, 3.05) is 30.8 Å². The van der Waals surface area contributed by atoms with Crippen LogP contribution >= 0.6 is 11.3 Å². The number of amides is 1. The summed E-state index contributed by atoms with van der Waals surface area (Å²) in [7, 11) is -1.80. The third-order valence-electron chi connectivity index (χ3n) is 4.10. The Kier molecular flexibility index (Phi) is 4.80. The second-order valence-electron chi connectivity index (χ2n) is 5.91. The number of hydrogen-bond donors (Lipinski definition) is 1. The molecule has 2 heterocycles. The van der Waals surface area contributed by atoms with Gasteiger partial charge in [0, 0.05) is 24.9 Å². The molecule has 0 spiro atoms. The number of nitrogens with zero attached hydrogens (tertiary/aromatic N) is 1. The lowest BCUT2D eigenvalue weighted by Gasteiger charge is -2.16. The zero-order valence-electron chi connectivity index (χ0n) is 13.6. The fraction of sp³-hybridized carbons (Fsp3) is 0.438. The number of carbonyl (C=O) groups is 1. The topological polar surface area (TPSA) is 75.7 Å². The van der Waals surface area contributed by atoms with Crippen LogP contribution in [0.25, 0.3) is 10.1 Å². The van der Waals surface area contributed by atoms with Gasteiger partial charge in [-0.25, -0.2) is 8.42 Å². The molecule has 1 aliphatic heterocycles. The van der Waals surface area contributed by atoms with Crippen LogP contribution in [0.2, 0.25) is 0 Å². The first-order valence-electron chi connectivity index (χ1n) is 7.72. The Labute approximate surface area is 145 Å². The summed E-state index contributed by atoms with van der Waals surface area (Å²) in [6.45, 7) is 1.29. The van der Waals surface area contributed by atoms with Gasteiger partial charge in [-0.05, 0) is 42.5 Å². The van der Waals surface area contributed by atoms with Gasteiger partial charge in [0.1, 0.15) is 0 Å². The first kappa shape index (κ1) is 17.2. The van der Waals surface area contributed by atoms with Gasteiger partial charge in [0.2, 0.25) is 10.0 Å². The minimum Gasteiger partial charge on any atom is -0.376 e. The van der Waals surface area contributed by atoms with E-state index in [1.807, 2.05) is 6.07 Å². The predicted octanol–water partition coefficient (Wildman–Crippen LogP) is 2.21. The van der Waals surface area contributed by atoms with E-state index in [0.29, 0.717) is 17.1 Å². The van der Waals surface area contributed by atoms with Gasteiger partial charge >= 0.3 is 0 Å². The Morgan fingerprint density at radius 1 is 1.42 bits per heavy atom. The van der Waals surface area contributed by atoms with Gasteiger partial charge in [-0.3, -0.25) is 9.10 Å². The van der Waals surface area contributed by atoms with Gasteiger partial charge in [-0.2, -0.15) is 0 Å². The van der Waals surface area contributed by atoms with E-state index in [2.05, 4.69) is 5.32 Å². The zero-order chi connectivity index (χ0) is 17.3. The van der Waals surface area contributed by atoms with Gasteiger partial charge in [0.25, 0.3) is 5.91 Å². The first-order chi connectivity index (χ1) is 11.3. The number of benzene rings is 1. The number of anilines is 1. The zero-order valence-corrected chi connectivity index (χ0v) is 15.2. The average molecular weight is 368 g/mol. The second-order valence-corrected chi connectivity index (χ2v) is 9.01. The summed E-state index contributed by atoms with van der Waals surface area (Å²) in [5.41, 5.74) is 0.578. The van der Waals surface area contributed by atoms with Gasteiger partial charge in [-0.1, -0.05) is 0 Å². The van der Waals surface area contributed by atoms with Crippen molar-refractivity contribution in [2.24, 2.45) is 0 Å². The minimum atomic E-state index is -3.31. The number of hydrogen-bond acceptors (Lipinski definition) is 5. The molecule has 1 aromatic carbocycles. The molecular formula is C16H20N2O4S2. The molecule has 2 aromatic rings. The van der Waals surface area contributed by atoms with E-state index in [-0.39, 0.29) is 12.0 Å². The molecule has 130 valence electrons. The van der Waals surface area contributed by atoms with Crippen LogP contribution in [-0.2, 0) is 14.8 Å².